The van der Waals surface area contributed by atoms with E-state index in [4.69, 9.17) is 9.47 Å². The summed E-state index contributed by atoms with van der Waals surface area (Å²) in [6.45, 7) is 6.89. The maximum absolute atomic E-state index is 12.7. The standard InChI is InChI=1S/C24H30N2O3S/c1-6-24(2,3)16-8-9-17-18(14-25)23(30-21(17)13-16)26-22(27)12-15-7-10-19(28-4)20(11-15)29-5/h7,10-11,16H,6,8-9,12-13H2,1-5H3,(H,26,27). The number of benzene rings is 1. The van der Waals surface area contributed by atoms with Crippen LogP contribution in [0.15, 0.2) is 18.2 Å². The fraction of sp³-hybridized carbons (Fsp3) is 0.500. The number of amides is 1. The fourth-order valence-corrected chi connectivity index (χ4v) is 5.39. The van der Waals surface area contributed by atoms with E-state index in [1.165, 1.54) is 4.88 Å². The molecule has 2 aromatic rings. The molecule has 1 atom stereocenters. The van der Waals surface area contributed by atoms with E-state index >= 15 is 0 Å². The van der Waals surface area contributed by atoms with Gasteiger partial charge in [-0.1, -0.05) is 33.3 Å². The second-order valence-electron chi connectivity index (χ2n) is 8.52. The number of anilines is 1. The van der Waals surface area contributed by atoms with Gasteiger partial charge in [0.1, 0.15) is 11.1 Å². The van der Waals surface area contributed by atoms with E-state index in [1.54, 1.807) is 37.7 Å². The van der Waals surface area contributed by atoms with Crippen molar-refractivity contribution in [1.82, 2.24) is 0 Å². The first-order valence-electron chi connectivity index (χ1n) is 10.4. The summed E-state index contributed by atoms with van der Waals surface area (Å²) >= 11 is 1.57. The van der Waals surface area contributed by atoms with Crippen LogP contribution in [0, 0.1) is 22.7 Å². The molecule has 1 aromatic heterocycles. The summed E-state index contributed by atoms with van der Waals surface area (Å²) < 4.78 is 10.6. The van der Waals surface area contributed by atoms with Gasteiger partial charge < -0.3 is 14.8 Å². The van der Waals surface area contributed by atoms with Crippen LogP contribution in [-0.2, 0) is 24.1 Å². The monoisotopic (exact) mass is 426 g/mol. The molecule has 3 rings (SSSR count). The van der Waals surface area contributed by atoms with Gasteiger partial charge in [0.2, 0.25) is 5.91 Å². The summed E-state index contributed by atoms with van der Waals surface area (Å²) in [6.07, 6.45) is 4.34. The molecule has 0 radical (unpaired) electrons. The molecule has 30 heavy (non-hydrogen) atoms. The number of nitrogens with one attached hydrogen (secondary N) is 1. The van der Waals surface area contributed by atoms with Gasteiger partial charge in [-0.3, -0.25) is 4.79 Å². The van der Waals surface area contributed by atoms with Crippen molar-refractivity contribution in [3.05, 3.63) is 39.8 Å². The van der Waals surface area contributed by atoms with E-state index in [1.807, 2.05) is 6.07 Å². The number of rotatable bonds is 7. The highest BCUT2D eigenvalue weighted by atomic mass is 32.1. The molecule has 1 aliphatic rings. The first-order chi connectivity index (χ1) is 14.3. The van der Waals surface area contributed by atoms with Crippen LogP contribution in [0.5, 0.6) is 11.5 Å². The largest absolute Gasteiger partial charge is 0.493 e. The van der Waals surface area contributed by atoms with Crippen molar-refractivity contribution < 1.29 is 14.3 Å². The van der Waals surface area contributed by atoms with Gasteiger partial charge in [-0.05, 0) is 53.9 Å². The molecular formula is C24H30N2O3S. The van der Waals surface area contributed by atoms with Gasteiger partial charge in [-0.15, -0.1) is 11.3 Å². The third-order valence-corrected chi connectivity index (χ3v) is 7.63. The van der Waals surface area contributed by atoms with Gasteiger partial charge in [0.05, 0.1) is 26.2 Å². The maximum Gasteiger partial charge on any atom is 0.229 e. The number of nitrogens with zero attached hydrogens (tertiary/aromatic N) is 1. The van der Waals surface area contributed by atoms with E-state index in [0.717, 1.165) is 36.8 Å². The summed E-state index contributed by atoms with van der Waals surface area (Å²) in [4.78, 5) is 14.0. The van der Waals surface area contributed by atoms with E-state index < -0.39 is 0 Å². The Labute approximate surface area is 183 Å². The van der Waals surface area contributed by atoms with Gasteiger partial charge in [0.15, 0.2) is 11.5 Å². The molecule has 0 saturated carbocycles. The zero-order valence-corrected chi connectivity index (χ0v) is 19.2. The molecule has 160 valence electrons. The maximum atomic E-state index is 12.7. The zero-order valence-electron chi connectivity index (χ0n) is 18.4. The Bertz CT molecular complexity index is 972. The Morgan fingerprint density at radius 3 is 2.67 bits per heavy atom. The molecule has 1 aromatic carbocycles. The van der Waals surface area contributed by atoms with Crippen LogP contribution in [0.3, 0.4) is 0 Å². The number of hydrogen-bond acceptors (Lipinski definition) is 5. The normalized spacial score (nSPS) is 15.8. The van der Waals surface area contributed by atoms with Crippen LogP contribution < -0.4 is 14.8 Å². The van der Waals surface area contributed by atoms with Crippen LogP contribution in [0.2, 0.25) is 0 Å². The van der Waals surface area contributed by atoms with Crippen molar-refractivity contribution >= 4 is 22.2 Å². The third kappa shape index (κ3) is 4.46. The summed E-state index contributed by atoms with van der Waals surface area (Å²) in [5.74, 6) is 1.69. The van der Waals surface area contributed by atoms with E-state index in [0.29, 0.717) is 28.0 Å². The van der Waals surface area contributed by atoms with Gasteiger partial charge in [0, 0.05) is 4.88 Å². The van der Waals surface area contributed by atoms with Crippen molar-refractivity contribution in [3.8, 4) is 17.6 Å². The zero-order chi connectivity index (χ0) is 21.9. The Hall–Kier alpha value is -2.52. The minimum absolute atomic E-state index is 0.136. The number of carbonyl (C=O) groups is 1. The van der Waals surface area contributed by atoms with Gasteiger partial charge in [-0.25, -0.2) is 0 Å². The Morgan fingerprint density at radius 1 is 1.30 bits per heavy atom. The second kappa shape index (κ2) is 9.09. The third-order valence-electron chi connectivity index (χ3n) is 6.46. The van der Waals surface area contributed by atoms with Crippen molar-refractivity contribution in [1.29, 1.82) is 5.26 Å². The highest BCUT2D eigenvalue weighted by Gasteiger charge is 2.34. The van der Waals surface area contributed by atoms with Gasteiger partial charge in [-0.2, -0.15) is 5.26 Å². The lowest BCUT2D eigenvalue weighted by Crippen LogP contribution is -2.28. The number of fused-ring (bicyclic) bond motifs is 1. The number of ether oxygens (including phenoxy) is 2. The Morgan fingerprint density at radius 2 is 2.03 bits per heavy atom. The molecule has 0 aliphatic heterocycles. The smallest absolute Gasteiger partial charge is 0.229 e. The number of hydrogen-bond donors (Lipinski definition) is 1. The summed E-state index contributed by atoms with van der Waals surface area (Å²) in [5.41, 5.74) is 2.89. The molecule has 0 spiro atoms. The molecule has 6 heteroatoms. The van der Waals surface area contributed by atoms with Crippen molar-refractivity contribution in [2.45, 2.75) is 52.9 Å². The molecular weight excluding hydrogens is 396 g/mol. The van der Waals surface area contributed by atoms with E-state index in [2.05, 4.69) is 32.2 Å². The molecule has 1 aliphatic carbocycles. The average Bonchev–Trinajstić information content (AvgIpc) is 3.09. The summed E-state index contributed by atoms with van der Waals surface area (Å²) in [5, 5.41) is 13.4. The molecule has 0 saturated heterocycles. The van der Waals surface area contributed by atoms with Crippen molar-refractivity contribution in [3.63, 3.8) is 0 Å². The first kappa shape index (κ1) is 22.2. The molecule has 0 bridgehead atoms. The Balaban J connectivity index is 1.76. The number of carbonyl (C=O) groups excluding carboxylic acids is 1. The van der Waals surface area contributed by atoms with Crippen LogP contribution in [0.4, 0.5) is 5.00 Å². The number of thiophene rings is 1. The lowest BCUT2D eigenvalue weighted by Gasteiger charge is -2.36. The van der Waals surface area contributed by atoms with Crippen LogP contribution in [-0.4, -0.2) is 20.1 Å². The quantitative estimate of drug-likeness (QED) is 0.647. The predicted octanol–water partition coefficient (Wildman–Crippen LogP) is 5.36. The molecule has 1 unspecified atom stereocenters. The molecule has 1 N–H and O–H groups in total. The van der Waals surface area contributed by atoms with Crippen LogP contribution in [0.1, 0.15) is 55.2 Å². The second-order valence-corrected chi connectivity index (χ2v) is 9.62. The SMILES string of the molecule is CCC(C)(C)C1CCc2c(sc(NC(=O)Cc3ccc(OC)c(OC)c3)c2C#N)C1. The molecule has 5 nitrogen and oxygen atoms in total. The predicted molar refractivity (Wildman–Crippen MR) is 121 cm³/mol. The fourth-order valence-electron chi connectivity index (χ4n) is 4.09. The molecule has 0 fully saturated rings. The van der Waals surface area contributed by atoms with E-state index in [-0.39, 0.29) is 17.7 Å². The van der Waals surface area contributed by atoms with Crippen LogP contribution in [0.25, 0.3) is 0 Å². The Kier molecular flexibility index (Phi) is 6.72. The topological polar surface area (TPSA) is 71.3 Å². The number of methoxy groups -OCH3 is 2. The van der Waals surface area contributed by atoms with Gasteiger partial charge >= 0.3 is 0 Å². The number of nitriles is 1. The van der Waals surface area contributed by atoms with Gasteiger partial charge in [0.25, 0.3) is 0 Å². The summed E-state index contributed by atoms with van der Waals surface area (Å²) in [6, 6.07) is 7.78. The van der Waals surface area contributed by atoms with Crippen molar-refractivity contribution in [2.24, 2.45) is 11.3 Å². The minimum Gasteiger partial charge on any atom is -0.493 e. The highest BCUT2D eigenvalue weighted by Crippen LogP contribution is 2.45. The minimum atomic E-state index is -0.136. The molecule has 1 heterocycles. The van der Waals surface area contributed by atoms with E-state index in [9.17, 15) is 10.1 Å². The lowest BCUT2D eigenvalue weighted by atomic mass is 9.69. The average molecular weight is 427 g/mol. The summed E-state index contributed by atoms with van der Waals surface area (Å²) in [7, 11) is 3.16. The first-order valence-corrected chi connectivity index (χ1v) is 11.2. The van der Waals surface area contributed by atoms with Crippen LogP contribution >= 0.6 is 11.3 Å². The lowest BCUT2D eigenvalue weighted by molar-refractivity contribution is -0.115. The van der Waals surface area contributed by atoms with Crippen molar-refractivity contribution in [2.75, 3.05) is 19.5 Å². The molecule has 1 amide bonds. The highest BCUT2D eigenvalue weighted by molar-refractivity contribution is 7.16.